The van der Waals surface area contributed by atoms with Crippen LogP contribution in [-0.4, -0.2) is 17.2 Å². The van der Waals surface area contributed by atoms with E-state index in [9.17, 15) is 4.79 Å². The second kappa shape index (κ2) is 3.30. The third kappa shape index (κ3) is 3.05. The predicted octanol–water partition coefficient (Wildman–Crippen LogP) is 2.62. The van der Waals surface area contributed by atoms with Gasteiger partial charge in [-0.05, 0) is 40.5 Å². The molecule has 1 fully saturated rings. The molecule has 0 atom stereocenters. The first-order valence-corrected chi connectivity index (χ1v) is 4.88. The largest absolute Gasteiger partial charge is 0.444 e. The van der Waals surface area contributed by atoms with Crippen molar-refractivity contribution >= 4 is 6.09 Å². The van der Waals surface area contributed by atoms with E-state index in [1.807, 2.05) is 27.7 Å². The second-order valence-electron chi connectivity index (χ2n) is 5.29. The molecular formula is C11H19NO2. The molecule has 80 valence electrons. The highest BCUT2D eigenvalue weighted by Gasteiger charge is 2.37. The summed E-state index contributed by atoms with van der Waals surface area (Å²) in [6, 6.07) is 0. The fraction of sp³-hybridized carbons (Fsp3) is 0.727. The van der Waals surface area contributed by atoms with Gasteiger partial charge in [0.1, 0.15) is 5.60 Å². The van der Waals surface area contributed by atoms with Gasteiger partial charge in [-0.1, -0.05) is 12.2 Å². The first-order chi connectivity index (χ1) is 6.20. The van der Waals surface area contributed by atoms with Crippen LogP contribution in [0.3, 0.4) is 0 Å². The minimum absolute atomic E-state index is 0.139. The van der Waals surface area contributed by atoms with Crippen LogP contribution in [0.2, 0.25) is 0 Å². The van der Waals surface area contributed by atoms with Gasteiger partial charge in [0.25, 0.3) is 0 Å². The van der Waals surface area contributed by atoms with Crippen LogP contribution < -0.4 is 5.32 Å². The van der Waals surface area contributed by atoms with E-state index in [2.05, 4.69) is 11.9 Å². The van der Waals surface area contributed by atoms with Gasteiger partial charge in [0.05, 0.1) is 0 Å². The summed E-state index contributed by atoms with van der Waals surface area (Å²) in [5.74, 6) is 0. The van der Waals surface area contributed by atoms with E-state index in [-0.39, 0.29) is 11.6 Å². The molecule has 1 aliphatic rings. The quantitative estimate of drug-likeness (QED) is 0.656. The van der Waals surface area contributed by atoms with Crippen molar-refractivity contribution in [3.05, 3.63) is 12.2 Å². The standard InChI is InChI=1S/C11H19NO2/c1-8-6-11(5,7-8)12-9(13)14-10(2,3)4/h1,6-7H2,2-5H3,(H,12,13). The molecule has 1 amide bonds. The van der Waals surface area contributed by atoms with E-state index in [0.717, 1.165) is 12.8 Å². The number of ether oxygens (including phenoxy) is 1. The molecular weight excluding hydrogens is 178 g/mol. The zero-order chi connectivity index (χ0) is 11.0. The molecule has 1 rings (SSSR count). The third-order valence-corrected chi connectivity index (χ3v) is 2.08. The SMILES string of the molecule is C=C1CC(C)(NC(=O)OC(C)(C)C)C1. The summed E-state index contributed by atoms with van der Waals surface area (Å²) in [6.07, 6.45) is 1.37. The van der Waals surface area contributed by atoms with E-state index in [1.165, 1.54) is 5.57 Å². The van der Waals surface area contributed by atoms with Crippen molar-refractivity contribution in [2.24, 2.45) is 0 Å². The molecule has 0 unspecified atom stereocenters. The number of alkyl carbamates (subject to hydrolysis) is 1. The summed E-state index contributed by atoms with van der Waals surface area (Å²) in [5, 5.41) is 2.86. The fourth-order valence-corrected chi connectivity index (χ4v) is 1.69. The van der Waals surface area contributed by atoms with Crippen molar-refractivity contribution in [3.8, 4) is 0 Å². The van der Waals surface area contributed by atoms with Crippen molar-refractivity contribution in [2.45, 2.75) is 51.7 Å². The van der Waals surface area contributed by atoms with Crippen LogP contribution in [0.25, 0.3) is 0 Å². The number of hydrogen-bond acceptors (Lipinski definition) is 2. The number of amides is 1. The van der Waals surface area contributed by atoms with Crippen molar-refractivity contribution in [3.63, 3.8) is 0 Å². The molecule has 0 aliphatic heterocycles. The maximum Gasteiger partial charge on any atom is 0.408 e. The Hall–Kier alpha value is -0.990. The zero-order valence-corrected chi connectivity index (χ0v) is 9.44. The first kappa shape index (κ1) is 11.1. The van der Waals surface area contributed by atoms with Crippen LogP contribution in [-0.2, 0) is 4.74 Å². The molecule has 0 radical (unpaired) electrons. The van der Waals surface area contributed by atoms with Gasteiger partial charge in [-0.2, -0.15) is 0 Å². The Morgan fingerprint density at radius 1 is 1.50 bits per heavy atom. The molecule has 14 heavy (non-hydrogen) atoms. The zero-order valence-electron chi connectivity index (χ0n) is 9.44. The normalized spacial score (nSPS) is 19.9. The second-order valence-corrected chi connectivity index (χ2v) is 5.29. The molecule has 3 nitrogen and oxygen atoms in total. The molecule has 0 spiro atoms. The van der Waals surface area contributed by atoms with Crippen LogP contribution in [0.15, 0.2) is 12.2 Å². The maximum absolute atomic E-state index is 11.4. The van der Waals surface area contributed by atoms with E-state index < -0.39 is 5.60 Å². The first-order valence-electron chi connectivity index (χ1n) is 4.88. The lowest BCUT2D eigenvalue weighted by atomic mass is 9.75. The van der Waals surface area contributed by atoms with Gasteiger partial charge in [-0.15, -0.1) is 0 Å². The lowest BCUT2D eigenvalue weighted by Gasteiger charge is -2.41. The molecule has 1 aliphatic carbocycles. The van der Waals surface area contributed by atoms with Crippen LogP contribution in [0.5, 0.6) is 0 Å². The Morgan fingerprint density at radius 2 is 2.00 bits per heavy atom. The van der Waals surface area contributed by atoms with Crippen molar-refractivity contribution in [2.75, 3.05) is 0 Å². The molecule has 0 saturated heterocycles. The minimum atomic E-state index is -0.429. The predicted molar refractivity (Wildman–Crippen MR) is 56.1 cm³/mol. The Bertz CT molecular complexity index is 255. The summed E-state index contributed by atoms with van der Waals surface area (Å²) in [4.78, 5) is 11.4. The van der Waals surface area contributed by atoms with E-state index in [1.54, 1.807) is 0 Å². The van der Waals surface area contributed by atoms with Gasteiger partial charge in [-0.25, -0.2) is 4.79 Å². The number of carbonyl (C=O) groups is 1. The molecule has 1 saturated carbocycles. The van der Waals surface area contributed by atoms with Crippen LogP contribution in [0, 0.1) is 0 Å². The molecule has 0 aromatic heterocycles. The maximum atomic E-state index is 11.4. The van der Waals surface area contributed by atoms with Crippen LogP contribution in [0.1, 0.15) is 40.5 Å². The average molecular weight is 197 g/mol. The van der Waals surface area contributed by atoms with E-state index >= 15 is 0 Å². The smallest absolute Gasteiger partial charge is 0.408 e. The Kier molecular flexibility index (Phi) is 2.61. The molecule has 3 heteroatoms. The van der Waals surface area contributed by atoms with Gasteiger partial charge < -0.3 is 10.1 Å². The lowest BCUT2D eigenvalue weighted by molar-refractivity contribution is 0.0440. The van der Waals surface area contributed by atoms with E-state index in [0.29, 0.717) is 0 Å². The monoisotopic (exact) mass is 197 g/mol. The molecule has 1 N–H and O–H groups in total. The van der Waals surface area contributed by atoms with Crippen molar-refractivity contribution in [1.82, 2.24) is 5.32 Å². The highest BCUT2D eigenvalue weighted by molar-refractivity contribution is 5.69. The summed E-state index contributed by atoms with van der Waals surface area (Å²) in [7, 11) is 0. The molecule has 0 heterocycles. The van der Waals surface area contributed by atoms with Gasteiger partial charge in [-0.3, -0.25) is 0 Å². The van der Waals surface area contributed by atoms with Gasteiger partial charge in [0, 0.05) is 5.54 Å². The highest BCUT2D eigenvalue weighted by atomic mass is 16.6. The summed E-state index contributed by atoms with van der Waals surface area (Å²) >= 11 is 0. The van der Waals surface area contributed by atoms with Gasteiger partial charge in [0.15, 0.2) is 0 Å². The third-order valence-electron chi connectivity index (χ3n) is 2.08. The Labute approximate surface area is 85.5 Å². The fourth-order valence-electron chi connectivity index (χ4n) is 1.69. The molecule has 0 aromatic rings. The summed E-state index contributed by atoms with van der Waals surface area (Å²) < 4.78 is 5.16. The lowest BCUT2D eigenvalue weighted by Crippen LogP contribution is -2.53. The van der Waals surface area contributed by atoms with Crippen LogP contribution >= 0.6 is 0 Å². The number of hydrogen-bond donors (Lipinski definition) is 1. The molecule has 0 aromatic carbocycles. The highest BCUT2D eigenvalue weighted by Crippen LogP contribution is 2.35. The summed E-state index contributed by atoms with van der Waals surface area (Å²) in [5.41, 5.74) is 0.615. The van der Waals surface area contributed by atoms with Gasteiger partial charge in [0.2, 0.25) is 0 Å². The Morgan fingerprint density at radius 3 is 2.36 bits per heavy atom. The Balaban J connectivity index is 2.38. The topological polar surface area (TPSA) is 38.3 Å². The minimum Gasteiger partial charge on any atom is -0.444 e. The average Bonchev–Trinajstić information content (AvgIpc) is 1.76. The number of rotatable bonds is 1. The number of carbonyl (C=O) groups excluding carboxylic acids is 1. The van der Waals surface area contributed by atoms with Gasteiger partial charge >= 0.3 is 6.09 Å². The summed E-state index contributed by atoms with van der Waals surface area (Å²) in [6.45, 7) is 11.4. The van der Waals surface area contributed by atoms with Crippen molar-refractivity contribution < 1.29 is 9.53 Å². The van der Waals surface area contributed by atoms with E-state index in [4.69, 9.17) is 4.74 Å². The van der Waals surface area contributed by atoms with Crippen molar-refractivity contribution in [1.29, 1.82) is 0 Å². The van der Waals surface area contributed by atoms with Crippen LogP contribution in [0.4, 0.5) is 4.79 Å². The molecule has 0 bridgehead atoms. The number of nitrogens with one attached hydrogen (secondary N) is 1.